The Bertz CT molecular complexity index is 626. The van der Waals surface area contributed by atoms with Crippen LogP contribution in [-0.2, 0) is 13.5 Å². The van der Waals surface area contributed by atoms with Crippen LogP contribution in [0.1, 0.15) is 28.0 Å². The topological polar surface area (TPSA) is 46.9 Å². The highest BCUT2D eigenvalue weighted by molar-refractivity contribution is 6.30. The first-order valence-corrected chi connectivity index (χ1v) is 6.69. The number of nitrogens with one attached hydrogen (secondary N) is 1. The van der Waals surface area contributed by atoms with Crippen molar-refractivity contribution in [1.82, 2.24) is 15.1 Å². The fraction of sp³-hybridized carbons (Fsp3) is 0.286. The quantitative estimate of drug-likeness (QED) is 0.922. The Labute approximate surface area is 125 Å². The van der Waals surface area contributed by atoms with Crippen LogP contribution in [0.15, 0.2) is 30.5 Å². The molecule has 21 heavy (non-hydrogen) atoms. The van der Waals surface area contributed by atoms with E-state index in [1.54, 1.807) is 12.1 Å². The SMILES string of the molecule is Cn1cc(C(=O)NCCc2ccc(Cl)cc2)c(C(F)F)n1. The summed E-state index contributed by atoms with van der Waals surface area (Å²) in [6.45, 7) is 0.345. The van der Waals surface area contributed by atoms with Crippen molar-refractivity contribution in [1.29, 1.82) is 0 Å². The number of hydrogen-bond donors (Lipinski definition) is 1. The van der Waals surface area contributed by atoms with Gasteiger partial charge in [-0.3, -0.25) is 9.48 Å². The summed E-state index contributed by atoms with van der Waals surface area (Å²) in [5, 5.41) is 6.85. The molecule has 112 valence electrons. The fourth-order valence-corrected chi connectivity index (χ4v) is 2.03. The summed E-state index contributed by atoms with van der Waals surface area (Å²) in [6.07, 6.45) is -0.894. The fourth-order valence-electron chi connectivity index (χ4n) is 1.91. The molecule has 0 atom stereocenters. The first-order chi connectivity index (χ1) is 9.97. The van der Waals surface area contributed by atoms with Gasteiger partial charge in [0.1, 0.15) is 5.69 Å². The second kappa shape index (κ2) is 6.67. The Hall–Kier alpha value is -1.95. The second-order valence-electron chi connectivity index (χ2n) is 4.53. The van der Waals surface area contributed by atoms with Crippen molar-refractivity contribution in [3.05, 3.63) is 52.3 Å². The predicted molar refractivity (Wildman–Crippen MR) is 75.7 cm³/mol. The van der Waals surface area contributed by atoms with E-state index in [2.05, 4.69) is 10.4 Å². The molecule has 1 amide bonds. The van der Waals surface area contributed by atoms with Gasteiger partial charge in [-0.2, -0.15) is 5.10 Å². The summed E-state index contributed by atoms with van der Waals surface area (Å²) in [4.78, 5) is 11.9. The van der Waals surface area contributed by atoms with E-state index in [9.17, 15) is 13.6 Å². The number of aromatic nitrogens is 2. The summed E-state index contributed by atoms with van der Waals surface area (Å²) < 4.78 is 26.7. The van der Waals surface area contributed by atoms with Crippen molar-refractivity contribution in [3.63, 3.8) is 0 Å². The first kappa shape index (κ1) is 15.4. The van der Waals surface area contributed by atoms with Gasteiger partial charge in [0, 0.05) is 24.8 Å². The van der Waals surface area contributed by atoms with Gasteiger partial charge in [-0.05, 0) is 24.1 Å². The molecule has 0 bridgehead atoms. The van der Waals surface area contributed by atoms with Crippen LogP contribution in [0.3, 0.4) is 0 Å². The number of halogens is 3. The van der Waals surface area contributed by atoms with Gasteiger partial charge in [0.15, 0.2) is 0 Å². The maximum atomic E-state index is 12.8. The van der Waals surface area contributed by atoms with Crippen LogP contribution in [0.5, 0.6) is 0 Å². The van der Waals surface area contributed by atoms with E-state index >= 15 is 0 Å². The molecule has 0 aliphatic rings. The van der Waals surface area contributed by atoms with Crippen LogP contribution in [0.4, 0.5) is 8.78 Å². The van der Waals surface area contributed by atoms with Gasteiger partial charge < -0.3 is 5.32 Å². The van der Waals surface area contributed by atoms with Gasteiger partial charge in [-0.25, -0.2) is 8.78 Å². The van der Waals surface area contributed by atoms with E-state index in [4.69, 9.17) is 11.6 Å². The van der Waals surface area contributed by atoms with Gasteiger partial charge in [-0.15, -0.1) is 0 Å². The van der Waals surface area contributed by atoms with Crippen LogP contribution in [0, 0.1) is 0 Å². The highest BCUT2D eigenvalue weighted by Gasteiger charge is 2.22. The number of alkyl halides is 2. The molecule has 2 rings (SSSR count). The highest BCUT2D eigenvalue weighted by atomic mass is 35.5. The minimum atomic E-state index is -2.77. The summed E-state index contributed by atoms with van der Waals surface area (Å²) in [5.74, 6) is -0.549. The van der Waals surface area contributed by atoms with E-state index in [-0.39, 0.29) is 5.56 Å². The minimum absolute atomic E-state index is 0.0939. The smallest absolute Gasteiger partial charge is 0.282 e. The molecule has 0 unspecified atom stereocenters. The molecular formula is C14H14ClF2N3O. The van der Waals surface area contributed by atoms with Gasteiger partial charge in [0.05, 0.1) is 5.56 Å². The average Bonchev–Trinajstić information content (AvgIpc) is 2.83. The third kappa shape index (κ3) is 4.01. The number of nitrogens with zero attached hydrogens (tertiary/aromatic N) is 2. The van der Waals surface area contributed by atoms with E-state index in [0.717, 1.165) is 5.56 Å². The van der Waals surface area contributed by atoms with Gasteiger partial charge in [0.2, 0.25) is 0 Å². The van der Waals surface area contributed by atoms with E-state index in [1.165, 1.54) is 17.9 Å². The number of carbonyl (C=O) groups is 1. The number of hydrogen-bond acceptors (Lipinski definition) is 2. The third-order valence-electron chi connectivity index (χ3n) is 2.92. The van der Waals surface area contributed by atoms with Crippen LogP contribution in [-0.4, -0.2) is 22.2 Å². The van der Waals surface area contributed by atoms with Gasteiger partial charge >= 0.3 is 0 Å². The van der Waals surface area contributed by atoms with Crippen molar-refractivity contribution < 1.29 is 13.6 Å². The molecule has 2 aromatic rings. The lowest BCUT2D eigenvalue weighted by molar-refractivity contribution is 0.0939. The summed E-state index contributed by atoms with van der Waals surface area (Å²) in [5.41, 5.74) is 0.407. The summed E-state index contributed by atoms with van der Waals surface area (Å²) in [7, 11) is 1.50. The first-order valence-electron chi connectivity index (χ1n) is 6.31. The molecule has 1 aromatic carbocycles. The lowest BCUT2D eigenvalue weighted by atomic mass is 10.1. The lowest BCUT2D eigenvalue weighted by Gasteiger charge is -2.05. The zero-order valence-electron chi connectivity index (χ0n) is 11.3. The Balaban J connectivity index is 1.94. The van der Waals surface area contributed by atoms with E-state index < -0.39 is 18.0 Å². The summed E-state index contributed by atoms with van der Waals surface area (Å²) in [6, 6.07) is 7.22. The molecule has 7 heteroatoms. The van der Waals surface area contributed by atoms with Crippen molar-refractivity contribution in [2.45, 2.75) is 12.8 Å². The van der Waals surface area contributed by atoms with Crippen LogP contribution >= 0.6 is 11.6 Å². The lowest BCUT2D eigenvalue weighted by Crippen LogP contribution is -2.26. The molecule has 1 N–H and O–H groups in total. The monoisotopic (exact) mass is 313 g/mol. The number of rotatable bonds is 5. The molecule has 4 nitrogen and oxygen atoms in total. The Morgan fingerprint density at radius 3 is 2.67 bits per heavy atom. The Morgan fingerprint density at radius 1 is 1.38 bits per heavy atom. The van der Waals surface area contributed by atoms with Gasteiger partial charge in [0.25, 0.3) is 12.3 Å². The third-order valence-corrected chi connectivity index (χ3v) is 3.17. The number of carbonyl (C=O) groups excluding carboxylic acids is 1. The van der Waals surface area contributed by atoms with E-state index in [1.807, 2.05) is 12.1 Å². The molecule has 0 radical (unpaired) electrons. The van der Waals surface area contributed by atoms with Crippen LogP contribution < -0.4 is 5.32 Å². The average molecular weight is 314 g/mol. The largest absolute Gasteiger partial charge is 0.352 e. The standard InChI is InChI=1S/C14H14ClF2N3O/c1-20-8-11(12(19-20)13(16)17)14(21)18-7-6-9-2-4-10(15)5-3-9/h2-5,8,13H,6-7H2,1H3,(H,18,21). The maximum absolute atomic E-state index is 12.8. The molecule has 1 aromatic heterocycles. The Morgan fingerprint density at radius 2 is 2.05 bits per heavy atom. The zero-order chi connectivity index (χ0) is 15.4. The maximum Gasteiger partial charge on any atom is 0.282 e. The molecule has 0 saturated heterocycles. The molecule has 1 heterocycles. The van der Waals surface area contributed by atoms with Gasteiger partial charge in [-0.1, -0.05) is 23.7 Å². The molecule has 0 spiro atoms. The minimum Gasteiger partial charge on any atom is -0.352 e. The Kier molecular flexibility index (Phi) is 4.90. The number of aryl methyl sites for hydroxylation is 1. The van der Waals surface area contributed by atoms with E-state index in [0.29, 0.717) is 18.0 Å². The summed E-state index contributed by atoms with van der Waals surface area (Å²) >= 11 is 5.78. The van der Waals surface area contributed by atoms with Crippen molar-refractivity contribution >= 4 is 17.5 Å². The van der Waals surface area contributed by atoms with Crippen molar-refractivity contribution in [2.24, 2.45) is 7.05 Å². The molecule has 0 saturated carbocycles. The van der Waals surface area contributed by atoms with Crippen molar-refractivity contribution in [2.75, 3.05) is 6.54 Å². The second-order valence-corrected chi connectivity index (χ2v) is 4.97. The zero-order valence-corrected chi connectivity index (χ0v) is 12.1. The van der Waals surface area contributed by atoms with Crippen LogP contribution in [0.25, 0.3) is 0 Å². The molecule has 0 aliphatic heterocycles. The number of amides is 1. The number of benzene rings is 1. The van der Waals surface area contributed by atoms with Crippen LogP contribution in [0.2, 0.25) is 5.02 Å². The molecule has 0 aliphatic carbocycles. The molecule has 0 fully saturated rings. The normalized spacial score (nSPS) is 10.9. The molecular weight excluding hydrogens is 300 g/mol. The highest BCUT2D eigenvalue weighted by Crippen LogP contribution is 2.20. The predicted octanol–water partition coefficient (Wildman–Crippen LogP) is 2.98. The van der Waals surface area contributed by atoms with Crippen molar-refractivity contribution in [3.8, 4) is 0 Å².